The second-order valence-electron chi connectivity index (χ2n) is 5.78. The summed E-state index contributed by atoms with van der Waals surface area (Å²) in [5.41, 5.74) is 0.205. The minimum absolute atomic E-state index is 0.193. The highest BCUT2D eigenvalue weighted by Crippen LogP contribution is 2.31. The van der Waals surface area contributed by atoms with Crippen LogP contribution in [0.2, 0.25) is 0 Å². The fourth-order valence-electron chi connectivity index (χ4n) is 2.97. The Hall–Kier alpha value is -1.40. The van der Waals surface area contributed by atoms with Crippen LogP contribution >= 0.6 is 0 Å². The molecule has 6 heteroatoms. The molecule has 1 N–H and O–H groups in total. The van der Waals surface area contributed by atoms with E-state index in [9.17, 15) is 10.1 Å². The van der Waals surface area contributed by atoms with Gasteiger partial charge in [0.1, 0.15) is 10.7 Å². The molecule has 1 heterocycles. The highest BCUT2D eigenvalue weighted by molar-refractivity contribution is 5.17. The second kappa shape index (κ2) is 6.37. The Morgan fingerprint density at radius 2 is 2.05 bits per heavy atom. The lowest BCUT2D eigenvalue weighted by Crippen LogP contribution is -2.52. The van der Waals surface area contributed by atoms with Crippen LogP contribution in [-0.2, 0) is 6.54 Å². The fraction of sp³-hybridized carbons (Fsp3) is 0.714. The van der Waals surface area contributed by atoms with Gasteiger partial charge in [0.05, 0.1) is 12.6 Å². The minimum Gasteiger partial charge on any atom is -0.404 e. The first kappa shape index (κ1) is 15.0. The van der Waals surface area contributed by atoms with Gasteiger partial charge in [0.15, 0.2) is 0 Å². The lowest BCUT2D eigenvalue weighted by molar-refractivity contribution is -0.402. The van der Waals surface area contributed by atoms with Gasteiger partial charge in [-0.15, -0.1) is 0 Å². The van der Waals surface area contributed by atoms with Crippen molar-refractivity contribution < 1.29 is 9.34 Å². The predicted octanol–water partition coefficient (Wildman–Crippen LogP) is 2.54. The van der Waals surface area contributed by atoms with Crippen LogP contribution in [0.3, 0.4) is 0 Å². The van der Waals surface area contributed by atoms with Gasteiger partial charge in [-0.2, -0.15) is 0 Å². The number of furan rings is 1. The molecule has 2 rings (SSSR count). The van der Waals surface area contributed by atoms with Gasteiger partial charge < -0.3 is 14.6 Å². The first-order valence-electron chi connectivity index (χ1n) is 7.15. The number of hydrogen-bond donors (Lipinski definition) is 1. The van der Waals surface area contributed by atoms with Crippen LogP contribution in [0.5, 0.6) is 0 Å². The van der Waals surface area contributed by atoms with E-state index in [2.05, 4.69) is 24.3 Å². The quantitative estimate of drug-likeness (QED) is 0.641. The van der Waals surface area contributed by atoms with Gasteiger partial charge in [-0.1, -0.05) is 19.3 Å². The molecule has 0 radical (unpaired) electrons. The summed E-state index contributed by atoms with van der Waals surface area (Å²) < 4.78 is 5.15. The summed E-state index contributed by atoms with van der Waals surface area (Å²) in [6, 6.07) is 3.06. The van der Waals surface area contributed by atoms with Gasteiger partial charge >= 0.3 is 5.88 Å². The Morgan fingerprint density at radius 3 is 2.60 bits per heavy atom. The molecular weight excluding hydrogens is 258 g/mol. The van der Waals surface area contributed by atoms with Crippen molar-refractivity contribution in [3.8, 4) is 0 Å². The molecule has 1 fully saturated rings. The van der Waals surface area contributed by atoms with Crippen molar-refractivity contribution in [3.05, 3.63) is 28.0 Å². The van der Waals surface area contributed by atoms with E-state index >= 15 is 0 Å². The maximum atomic E-state index is 10.6. The molecule has 0 aliphatic heterocycles. The summed E-state index contributed by atoms with van der Waals surface area (Å²) in [7, 11) is 4.26. The van der Waals surface area contributed by atoms with E-state index in [0.29, 0.717) is 12.3 Å². The topological polar surface area (TPSA) is 71.5 Å². The molecule has 20 heavy (non-hydrogen) atoms. The van der Waals surface area contributed by atoms with Crippen molar-refractivity contribution in [2.75, 3.05) is 20.6 Å². The molecule has 0 aromatic carbocycles. The molecule has 112 valence electrons. The minimum atomic E-state index is -0.508. The zero-order valence-corrected chi connectivity index (χ0v) is 12.2. The normalized spacial score (nSPS) is 18.4. The van der Waals surface area contributed by atoms with Gasteiger partial charge in [-0.3, -0.25) is 10.1 Å². The molecule has 1 saturated carbocycles. The Morgan fingerprint density at radius 1 is 1.35 bits per heavy atom. The van der Waals surface area contributed by atoms with E-state index in [0.717, 1.165) is 6.54 Å². The molecule has 1 aliphatic carbocycles. The van der Waals surface area contributed by atoms with E-state index in [1.54, 1.807) is 6.07 Å². The summed E-state index contributed by atoms with van der Waals surface area (Å²) in [6.45, 7) is 1.41. The predicted molar refractivity (Wildman–Crippen MR) is 76.6 cm³/mol. The van der Waals surface area contributed by atoms with Crippen LogP contribution in [0.4, 0.5) is 5.88 Å². The summed E-state index contributed by atoms with van der Waals surface area (Å²) in [6.07, 6.45) is 6.26. The molecule has 1 aliphatic rings. The van der Waals surface area contributed by atoms with E-state index in [1.807, 2.05) is 0 Å². The smallest absolute Gasteiger partial charge is 0.404 e. The number of nitrogens with one attached hydrogen (secondary N) is 1. The molecular formula is C14H23N3O3. The monoisotopic (exact) mass is 281 g/mol. The number of likely N-dealkylation sites (N-methyl/N-ethyl adjacent to an activating group) is 1. The van der Waals surface area contributed by atoms with E-state index in [-0.39, 0.29) is 11.4 Å². The standard InChI is InChI=1S/C14H23N3O3/c1-16(2)14(8-4-3-5-9-14)11-15-10-12-6-7-13(20-12)17(18)19/h6-7,15H,3-5,8-11H2,1-2H3. The van der Waals surface area contributed by atoms with Crippen molar-refractivity contribution in [2.45, 2.75) is 44.2 Å². The lowest BCUT2D eigenvalue weighted by Gasteiger charge is -2.43. The molecule has 1 aromatic heterocycles. The zero-order chi connectivity index (χ0) is 14.6. The van der Waals surface area contributed by atoms with Crippen molar-refractivity contribution in [3.63, 3.8) is 0 Å². The van der Waals surface area contributed by atoms with Crippen molar-refractivity contribution in [1.82, 2.24) is 10.2 Å². The maximum Gasteiger partial charge on any atom is 0.433 e. The highest BCUT2D eigenvalue weighted by Gasteiger charge is 2.33. The summed E-state index contributed by atoms with van der Waals surface area (Å²) in [4.78, 5) is 12.4. The summed E-state index contributed by atoms with van der Waals surface area (Å²) in [5.74, 6) is 0.420. The Balaban J connectivity index is 1.88. The number of nitro groups is 1. The second-order valence-corrected chi connectivity index (χ2v) is 5.78. The first-order chi connectivity index (χ1) is 9.53. The third kappa shape index (κ3) is 3.37. The Labute approximate surface area is 119 Å². The number of hydrogen-bond acceptors (Lipinski definition) is 5. The third-order valence-corrected chi connectivity index (χ3v) is 4.31. The van der Waals surface area contributed by atoms with Crippen LogP contribution in [0.1, 0.15) is 37.9 Å². The average Bonchev–Trinajstić information content (AvgIpc) is 2.89. The Bertz CT molecular complexity index is 450. The lowest BCUT2D eigenvalue weighted by atomic mass is 9.80. The van der Waals surface area contributed by atoms with Crippen LogP contribution in [-0.4, -0.2) is 36.0 Å². The van der Waals surface area contributed by atoms with Crippen molar-refractivity contribution >= 4 is 5.88 Å². The fourth-order valence-corrected chi connectivity index (χ4v) is 2.97. The van der Waals surface area contributed by atoms with Crippen LogP contribution in [0, 0.1) is 10.1 Å². The van der Waals surface area contributed by atoms with Gasteiger partial charge in [0.2, 0.25) is 0 Å². The van der Waals surface area contributed by atoms with E-state index in [4.69, 9.17) is 4.42 Å². The van der Waals surface area contributed by atoms with Crippen LogP contribution < -0.4 is 5.32 Å². The molecule has 0 unspecified atom stereocenters. The van der Waals surface area contributed by atoms with Crippen LogP contribution in [0.25, 0.3) is 0 Å². The third-order valence-electron chi connectivity index (χ3n) is 4.31. The molecule has 6 nitrogen and oxygen atoms in total. The van der Waals surface area contributed by atoms with Gasteiger partial charge in [-0.25, -0.2) is 0 Å². The Kier molecular flexibility index (Phi) is 4.77. The largest absolute Gasteiger partial charge is 0.433 e. The zero-order valence-electron chi connectivity index (χ0n) is 12.2. The molecule has 1 aromatic rings. The number of nitrogens with zero attached hydrogens (tertiary/aromatic N) is 2. The number of rotatable bonds is 6. The molecule has 0 bridgehead atoms. The SMILES string of the molecule is CN(C)C1(CNCc2ccc([N+](=O)[O-])o2)CCCCC1. The van der Waals surface area contributed by atoms with Gasteiger partial charge in [0, 0.05) is 12.1 Å². The van der Waals surface area contributed by atoms with Crippen molar-refractivity contribution in [1.29, 1.82) is 0 Å². The van der Waals surface area contributed by atoms with E-state index < -0.39 is 4.92 Å². The maximum absolute atomic E-state index is 10.6. The average molecular weight is 281 g/mol. The summed E-state index contributed by atoms with van der Waals surface area (Å²) >= 11 is 0. The van der Waals surface area contributed by atoms with E-state index in [1.165, 1.54) is 38.2 Å². The van der Waals surface area contributed by atoms with Crippen LogP contribution in [0.15, 0.2) is 16.5 Å². The molecule has 0 saturated heterocycles. The van der Waals surface area contributed by atoms with Crippen molar-refractivity contribution in [2.24, 2.45) is 0 Å². The first-order valence-corrected chi connectivity index (χ1v) is 7.15. The molecule has 0 spiro atoms. The molecule has 0 amide bonds. The molecule has 0 atom stereocenters. The summed E-state index contributed by atoms with van der Waals surface area (Å²) in [5, 5.41) is 13.9. The van der Waals surface area contributed by atoms with Gasteiger partial charge in [-0.05, 0) is 33.0 Å². The highest BCUT2D eigenvalue weighted by atomic mass is 16.6. The van der Waals surface area contributed by atoms with Gasteiger partial charge in [0.25, 0.3) is 0 Å².